The highest BCUT2D eigenvalue weighted by molar-refractivity contribution is 5.72. The van der Waals surface area contributed by atoms with Gasteiger partial charge in [-0.1, -0.05) is 6.08 Å². The van der Waals surface area contributed by atoms with Crippen LogP contribution in [0.25, 0.3) is 0 Å². The Hall–Kier alpha value is -0.830. The fourth-order valence-electron chi connectivity index (χ4n) is 2.45. The Balaban J connectivity index is 2.03. The van der Waals surface area contributed by atoms with E-state index in [0.717, 1.165) is 38.7 Å². The maximum Gasteiger partial charge on any atom is 0.310 e. The van der Waals surface area contributed by atoms with Crippen molar-refractivity contribution in [2.24, 2.45) is 5.92 Å². The van der Waals surface area contributed by atoms with Crippen LogP contribution >= 0.6 is 0 Å². The molecule has 0 aromatic carbocycles. The summed E-state index contributed by atoms with van der Waals surface area (Å²) in [6.07, 6.45) is 8.36. The summed E-state index contributed by atoms with van der Waals surface area (Å²) in [5, 5.41) is 8.97. The van der Waals surface area contributed by atoms with E-state index in [9.17, 15) is 4.79 Å². The van der Waals surface area contributed by atoms with Gasteiger partial charge < -0.3 is 9.84 Å². The van der Waals surface area contributed by atoms with Gasteiger partial charge in [-0.25, -0.2) is 0 Å². The molecule has 15 heavy (non-hydrogen) atoms. The van der Waals surface area contributed by atoms with Crippen molar-refractivity contribution < 1.29 is 14.6 Å². The van der Waals surface area contributed by atoms with Gasteiger partial charge in [0.1, 0.15) is 0 Å². The van der Waals surface area contributed by atoms with Crippen molar-refractivity contribution >= 4 is 5.97 Å². The summed E-state index contributed by atoms with van der Waals surface area (Å²) in [4.78, 5) is 10.9. The van der Waals surface area contributed by atoms with Crippen LogP contribution < -0.4 is 0 Å². The van der Waals surface area contributed by atoms with Crippen LogP contribution in [0.4, 0.5) is 0 Å². The molecule has 0 aromatic rings. The van der Waals surface area contributed by atoms with Crippen molar-refractivity contribution in [3.8, 4) is 0 Å². The number of carbonyl (C=O) groups is 1. The smallest absolute Gasteiger partial charge is 0.310 e. The van der Waals surface area contributed by atoms with Crippen molar-refractivity contribution in [1.82, 2.24) is 0 Å². The van der Waals surface area contributed by atoms with Crippen molar-refractivity contribution in [1.29, 1.82) is 0 Å². The fourth-order valence-corrected chi connectivity index (χ4v) is 2.45. The van der Waals surface area contributed by atoms with E-state index in [2.05, 4.69) is 0 Å². The Bertz CT molecular complexity index is 264. The van der Waals surface area contributed by atoms with Crippen LogP contribution in [0.1, 0.15) is 38.5 Å². The van der Waals surface area contributed by atoms with E-state index in [-0.39, 0.29) is 12.0 Å². The van der Waals surface area contributed by atoms with E-state index in [0.29, 0.717) is 0 Å². The normalized spacial score (nSPS) is 32.1. The first-order chi connectivity index (χ1) is 7.27. The standard InChI is InChI=1S/C12H18O3/c13-12(14)10-5-3-4-9(8-10)11-6-1-2-7-15-11/h8,10-11H,1-7H2,(H,13,14). The number of hydrogen-bond donors (Lipinski definition) is 1. The van der Waals surface area contributed by atoms with Gasteiger partial charge in [-0.3, -0.25) is 4.79 Å². The van der Waals surface area contributed by atoms with Crippen LogP contribution in [0.3, 0.4) is 0 Å². The van der Waals surface area contributed by atoms with Crippen LogP contribution in [0.2, 0.25) is 0 Å². The lowest BCUT2D eigenvalue weighted by atomic mass is 9.86. The highest BCUT2D eigenvalue weighted by atomic mass is 16.5. The molecule has 1 saturated heterocycles. The second-order valence-electron chi connectivity index (χ2n) is 4.43. The van der Waals surface area contributed by atoms with Gasteiger partial charge in [-0.15, -0.1) is 0 Å². The van der Waals surface area contributed by atoms with E-state index >= 15 is 0 Å². The Morgan fingerprint density at radius 1 is 1.33 bits per heavy atom. The summed E-state index contributed by atoms with van der Waals surface area (Å²) in [7, 11) is 0. The summed E-state index contributed by atoms with van der Waals surface area (Å²) in [5.41, 5.74) is 1.23. The minimum Gasteiger partial charge on any atom is -0.481 e. The first kappa shape index (κ1) is 10.7. The predicted octanol–water partition coefficient (Wildman–Crippen LogP) is 2.37. The zero-order chi connectivity index (χ0) is 10.7. The van der Waals surface area contributed by atoms with Crippen LogP contribution in [0.15, 0.2) is 11.6 Å². The molecule has 1 fully saturated rings. The van der Waals surface area contributed by atoms with Crippen molar-refractivity contribution in [2.45, 2.75) is 44.6 Å². The van der Waals surface area contributed by atoms with Gasteiger partial charge >= 0.3 is 5.97 Å². The van der Waals surface area contributed by atoms with Gasteiger partial charge in [0, 0.05) is 6.61 Å². The Morgan fingerprint density at radius 3 is 2.87 bits per heavy atom. The number of carboxylic acid groups (broad SMARTS) is 1. The molecule has 2 atom stereocenters. The molecule has 0 radical (unpaired) electrons. The highest BCUT2D eigenvalue weighted by Crippen LogP contribution is 2.30. The van der Waals surface area contributed by atoms with Gasteiger partial charge in [-0.05, 0) is 44.1 Å². The molecule has 0 aromatic heterocycles. The molecule has 0 saturated carbocycles. The third-order valence-corrected chi connectivity index (χ3v) is 3.31. The van der Waals surface area contributed by atoms with Gasteiger partial charge in [0.15, 0.2) is 0 Å². The second kappa shape index (κ2) is 4.79. The molecular formula is C12H18O3. The number of hydrogen-bond acceptors (Lipinski definition) is 2. The third-order valence-electron chi connectivity index (χ3n) is 3.31. The van der Waals surface area contributed by atoms with Crippen molar-refractivity contribution in [2.75, 3.05) is 6.61 Å². The number of ether oxygens (including phenoxy) is 1. The lowest BCUT2D eigenvalue weighted by Gasteiger charge is -2.28. The Labute approximate surface area is 90.1 Å². The lowest BCUT2D eigenvalue weighted by Crippen LogP contribution is -2.25. The zero-order valence-corrected chi connectivity index (χ0v) is 8.95. The molecule has 1 N–H and O–H groups in total. The van der Waals surface area contributed by atoms with E-state index in [4.69, 9.17) is 9.84 Å². The number of carboxylic acids is 1. The maximum atomic E-state index is 10.9. The molecule has 2 unspecified atom stereocenters. The average Bonchev–Trinajstić information content (AvgIpc) is 2.30. The van der Waals surface area contributed by atoms with Gasteiger partial charge in [0.2, 0.25) is 0 Å². The maximum absolute atomic E-state index is 10.9. The summed E-state index contributed by atoms with van der Waals surface area (Å²) in [6, 6.07) is 0. The average molecular weight is 210 g/mol. The molecule has 0 amide bonds. The summed E-state index contributed by atoms with van der Waals surface area (Å²) in [5.74, 6) is -0.970. The van der Waals surface area contributed by atoms with Gasteiger partial charge in [0.05, 0.1) is 12.0 Å². The van der Waals surface area contributed by atoms with Crippen LogP contribution in [0.5, 0.6) is 0 Å². The monoisotopic (exact) mass is 210 g/mol. The summed E-state index contributed by atoms with van der Waals surface area (Å²) in [6.45, 7) is 0.833. The fraction of sp³-hybridized carbons (Fsp3) is 0.750. The third kappa shape index (κ3) is 2.59. The highest BCUT2D eigenvalue weighted by Gasteiger charge is 2.25. The largest absolute Gasteiger partial charge is 0.481 e. The van der Waals surface area contributed by atoms with Crippen molar-refractivity contribution in [3.05, 3.63) is 11.6 Å². The molecule has 3 heteroatoms. The quantitative estimate of drug-likeness (QED) is 0.712. The van der Waals surface area contributed by atoms with E-state index < -0.39 is 5.97 Å². The topological polar surface area (TPSA) is 46.5 Å². The Kier molecular flexibility index (Phi) is 3.41. The van der Waals surface area contributed by atoms with E-state index in [1.165, 1.54) is 12.0 Å². The first-order valence-electron chi connectivity index (χ1n) is 5.82. The molecular weight excluding hydrogens is 192 g/mol. The molecule has 1 aliphatic heterocycles. The molecule has 1 aliphatic carbocycles. The van der Waals surface area contributed by atoms with Crippen LogP contribution in [0, 0.1) is 5.92 Å². The first-order valence-corrected chi connectivity index (χ1v) is 5.82. The molecule has 0 spiro atoms. The molecule has 84 valence electrons. The molecule has 0 bridgehead atoms. The van der Waals surface area contributed by atoms with Crippen LogP contribution in [-0.2, 0) is 9.53 Å². The van der Waals surface area contributed by atoms with Gasteiger partial charge in [-0.2, -0.15) is 0 Å². The number of rotatable bonds is 2. The van der Waals surface area contributed by atoms with E-state index in [1.54, 1.807) is 0 Å². The number of aliphatic carboxylic acids is 1. The molecule has 2 rings (SSSR count). The second-order valence-corrected chi connectivity index (χ2v) is 4.43. The van der Waals surface area contributed by atoms with Crippen LogP contribution in [-0.4, -0.2) is 23.8 Å². The zero-order valence-electron chi connectivity index (χ0n) is 8.95. The molecule has 3 nitrogen and oxygen atoms in total. The minimum atomic E-state index is -0.692. The van der Waals surface area contributed by atoms with Gasteiger partial charge in [0.25, 0.3) is 0 Å². The lowest BCUT2D eigenvalue weighted by molar-refractivity contribution is -0.140. The predicted molar refractivity (Wildman–Crippen MR) is 56.7 cm³/mol. The minimum absolute atomic E-state index is 0.209. The summed E-state index contributed by atoms with van der Waals surface area (Å²) < 4.78 is 5.68. The SMILES string of the molecule is O=C(O)C1C=C(C2CCCCO2)CCC1. The molecule has 1 heterocycles. The summed E-state index contributed by atoms with van der Waals surface area (Å²) >= 11 is 0. The van der Waals surface area contributed by atoms with E-state index in [1.807, 2.05) is 6.08 Å². The molecule has 2 aliphatic rings. The Morgan fingerprint density at radius 2 is 2.20 bits per heavy atom. The van der Waals surface area contributed by atoms with Crippen molar-refractivity contribution in [3.63, 3.8) is 0 Å².